The number of nitrogens with zero attached hydrogens (tertiary/aromatic N) is 4. The Hall–Kier alpha value is -1.76. The molecule has 0 saturated heterocycles. The number of amides is 1. The Labute approximate surface area is 128 Å². The van der Waals surface area contributed by atoms with Gasteiger partial charge in [0.1, 0.15) is 11.6 Å². The van der Waals surface area contributed by atoms with Crippen molar-refractivity contribution < 1.29 is 4.79 Å². The standard InChI is InChI=1S/C14H21N5OS/c1-10-13(21-9-16-10)5-6-14(20)15-7-4-8-19-12(3)17-11(2)18-19/h9H,4-8H2,1-3H3,(H,15,20). The third-order valence-electron chi connectivity index (χ3n) is 3.26. The highest BCUT2D eigenvalue weighted by atomic mass is 32.1. The summed E-state index contributed by atoms with van der Waals surface area (Å²) in [7, 11) is 0. The minimum Gasteiger partial charge on any atom is -0.356 e. The average molecular weight is 307 g/mol. The quantitative estimate of drug-likeness (QED) is 0.792. The lowest BCUT2D eigenvalue weighted by Gasteiger charge is -2.06. The summed E-state index contributed by atoms with van der Waals surface area (Å²) < 4.78 is 1.88. The normalized spacial score (nSPS) is 10.8. The molecule has 0 spiro atoms. The van der Waals surface area contributed by atoms with Crippen molar-refractivity contribution in [2.24, 2.45) is 0 Å². The van der Waals surface area contributed by atoms with Gasteiger partial charge in [-0.3, -0.25) is 9.48 Å². The molecular weight excluding hydrogens is 286 g/mol. The molecule has 0 aliphatic rings. The van der Waals surface area contributed by atoms with Crippen LogP contribution in [-0.2, 0) is 17.8 Å². The van der Waals surface area contributed by atoms with E-state index in [9.17, 15) is 4.79 Å². The lowest BCUT2D eigenvalue weighted by Crippen LogP contribution is -2.25. The smallest absolute Gasteiger partial charge is 0.220 e. The molecule has 6 nitrogen and oxygen atoms in total. The summed E-state index contributed by atoms with van der Waals surface area (Å²) >= 11 is 1.61. The summed E-state index contributed by atoms with van der Waals surface area (Å²) in [5, 5.41) is 7.24. The molecule has 2 heterocycles. The highest BCUT2D eigenvalue weighted by Crippen LogP contribution is 2.13. The molecule has 0 atom stereocenters. The summed E-state index contributed by atoms with van der Waals surface area (Å²) in [5.41, 5.74) is 2.86. The van der Waals surface area contributed by atoms with Crippen molar-refractivity contribution >= 4 is 17.2 Å². The monoisotopic (exact) mass is 307 g/mol. The summed E-state index contributed by atoms with van der Waals surface area (Å²) in [4.78, 5) is 21.4. The van der Waals surface area contributed by atoms with E-state index in [2.05, 4.69) is 20.4 Å². The Morgan fingerprint density at radius 1 is 1.38 bits per heavy atom. The molecule has 1 N–H and O–H groups in total. The van der Waals surface area contributed by atoms with Crippen LogP contribution in [0.15, 0.2) is 5.51 Å². The fourth-order valence-electron chi connectivity index (χ4n) is 2.11. The van der Waals surface area contributed by atoms with Crippen molar-refractivity contribution in [2.45, 2.75) is 46.6 Å². The molecule has 0 saturated carbocycles. The zero-order chi connectivity index (χ0) is 15.2. The van der Waals surface area contributed by atoms with Gasteiger partial charge in [0.15, 0.2) is 0 Å². The van der Waals surface area contributed by atoms with E-state index < -0.39 is 0 Å². The highest BCUT2D eigenvalue weighted by Gasteiger charge is 2.06. The number of carbonyl (C=O) groups excluding carboxylic acids is 1. The molecule has 0 bridgehead atoms. The van der Waals surface area contributed by atoms with Crippen LogP contribution in [-0.4, -0.2) is 32.2 Å². The summed E-state index contributed by atoms with van der Waals surface area (Å²) in [6, 6.07) is 0. The van der Waals surface area contributed by atoms with E-state index >= 15 is 0 Å². The number of carbonyl (C=O) groups is 1. The molecule has 0 aliphatic carbocycles. The van der Waals surface area contributed by atoms with E-state index in [0.29, 0.717) is 13.0 Å². The molecule has 21 heavy (non-hydrogen) atoms. The second-order valence-electron chi connectivity index (χ2n) is 4.99. The molecule has 114 valence electrons. The minimum absolute atomic E-state index is 0.0919. The van der Waals surface area contributed by atoms with Crippen LogP contribution in [0.2, 0.25) is 0 Å². The zero-order valence-electron chi connectivity index (χ0n) is 12.7. The highest BCUT2D eigenvalue weighted by molar-refractivity contribution is 7.09. The molecule has 0 fully saturated rings. The number of thiazole rings is 1. The maximum absolute atomic E-state index is 11.8. The van der Waals surface area contributed by atoms with Gasteiger partial charge in [-0.15, -0.1) is 11.3 Å². The van der Waals surface area contributed by atoms with Crippen LogP contribution < -0.4 is 5.32 Å². The predicted molar refractivity (Wildman–Crippen MR) is 82.3 cm³/mol. The van der Waals surface area contributed by atoms with E-state index in [0.717, 1.165) is 36.7 Å². The lowest BCUT2D eigenvalue weighted by molar-refractivity contribution is -0.121. The second-order valence-corrected chi connectivity index (χ2v) is 5.93. The van der Waals surface area contributed by atoms with Crippen LogP contribution in [0.5, 0.6) is 0 Å². The first kappa shape index (κ1) is 15.6. The lowest BCUT2D eigenvalue weighted by atomic mass is 10.2. The van der Waals surface area contributed by atoms with E-state index in [4.69, 9.17) is 0 Å². The molecular formula is C14H21N5OS. The molecule has 0 aliphatic heterocycles. The van der Waals surface area contributed by atoms with Crippen LogP contribution >= 0.6 is 11.3 Å². The number of hydrogen-bond acceptors (Lipinski definition) is 5. The third-order valence-corrected chi connectivity index (χ3v) is 4.25. The minimum atomic E-state index is 0.0919. The Morgan fingerprint density at radius 3 is 2.81 bits per heavy atom. The van der Waals surface area contributed by atoms with Crippen LogP contribution in [0.25, 0.3) is 0 Å². The number of hydrogen-bond donors (Lipinski definition) is 1. The first-order chi connectivity index (χ1) is 10.1. The Morgan fingerprint density at radius 2 is 2.19 bits per heavy atom. The van der Waals surface area contributed by atoms with Crippen LogP contribution in [0.1, 0.15) is 35.1 Å². The van der Waals surface area contributed by atoms with Gasteiger partial charge in [0.2, 0.25) is 5.91 Å². The average Bonchev–Trinajstić information content (AvgIpc) is 2.98. The number of aromatic nitrogens is 4. The Balaban J connectivity index is 1.63. The Kier molecular flexibility index (Phi) is 5.44. The maximum atomic E-state index is 11.8. The summed E-state index contributed by atoms with van der Waals surface area (Å²) in [6.45, 7) is 7.24. The summed E-state index contributed by atoms with van der Waals surface area (Å²) in [6.07, 6.45) is 2.14. The molecule has 7 heteroatoms. The van der Waals surface area contributed by atoms with E-state index in [1.807, 2.05) is 31.0 Å². The van der Waals surface area contributed by atoms with Crippen molar-refractivity contribution in [1.29, 1.82) is 0 Å². The number of rotatable bonds is 7. The van der Waals surface area contributed by atoms with Gasteiger partial charge in [0.25, 0.3) is 0 Å². The molecule has 2 aromatic rings. The van der Waals surface area contributed by atoms with Gasteiger partial charge in [0, 0.05) is 24.4 Å². The third kappa shape index (κ3) is 4.63. The molecule has 0 unspecified atom stereocenters. The van der Waals surface area contributed by atoms with Crippen molar-refractivity contribution in [3.63, 3.8) is 0 Å². The van der Waals surface area contributed by atoms with Gasteiger partial charge in [-0.2, -0.15) is 5.10 Å². The predicted octanol–water partition coefficient (Wildman–Crippen LogP) is 1.80. The van der Waals surface area contributed by atoms with Gasteiger partial charge in [-0.05, 0) is 33.6 Å². The SMILES string of the molecule is Cc1nc(C)n(CCCNC(=O)CCc2scnc2C)n1. The summed E-state index contributed by atoms with van der Waals surface area (Å²) in [5.74, 6) is 1.80. The maximum Gasteiger partial charge on any atom is 0.220 e. The van der Waals surface area contributed by atoms with Gasteiger partial charge in [0.05, 0.1) is 11.2 Å². The number of aryl methyl sites for hydroxylation is 5. The van der Waals surface area contributed by atoms with Crippen LogP contribution in [0.3, 0.4) is 0 Å². The van der Waals surface area contributed by atoms with Gasteiger partial charge in [-0.25, -0.2) is 9.97 Å². The fourth-order valence-corrected chi connectivity index (χ4v) is 2.89. The van der Waals surface area contributed by atoms with Gasteiger partial charge >= 0.3 is 0 Å². The van der Waals surface area contributed by atoms with Crippen molar-refractivity contribution in [2.75, 3.05) is 6.54 Å². The van der Waals surface area contributed by atoms with Gasteiger partial charge in [-0.1, -0.05) is 0 Å². The van der Waals surface area contributed by atoms with Crippen molar-refractivity contribution in [3.05, 3.63) is 27.7 Å². The topological polar surface area (TPSA) is 72.7 Å². The van der Waals surface area contributed by atoms with E-state index in [1.54, 1.807) is 11.3 Å². The van der Waals surface area contributed by atoms with Crippen LogP contribution in [0.4, 0.5) is 0 Å². The van der Waals surface area contributed by atoms with E-state index in [-0.39, 0.29) is 5.91 Å². The molecule has 2 rings (SSSR count). The molecule has 2 aromatic heterocycles. The fraction of sp³-hybridized carbons (Fsp3) is 0.571. The van der Waals surface area contributed by atoms with E-state index in [1.165, 1.54) is 4.88 Å². The van der Waals surface area contributed by atoms with Gasteiger partial charge < -0.3 is 5.32 Å². The largest absolute Gasteiger partial charge is 0.356 e. The Bertz CT molecular complexity index is 604. The first-order valence-corrected chi connectivity index (χ1v) is 7.98. The second kappa shape index (κ2) is 7.31. The van der Waals surface area contributed by atoms with Crippen LogP contribution in [0, 0.1) is 20.8 Å². The zero-order valence-corrected chi connectivity index (χ0v) is 13.5. The molecule has 0 aromatic carbocycles. The van der Waals surface area contributed by atoms with Crippen molar-refractivity contribution in [3.8, 4) is 0 Å². The first-order valence-electron chi connectivity index (χ1n) is 7.10. The number of nitrogens with one attached hydrogen (secondary N) is 1. The van der Waals surface area contributed by atoms with Crippen molar-refractivity contribution in [1.82, 2.24) is 25.1 Å². The molecule has 0 radical (unpaired) electrons. The molecule has 1 amide bonds.